The van der Waals surface area contributed by atoms with Gasteiger partial charge in [-0.05, 0) is 37.5 Å². The minimum absolute atomic E-state index is 0. The van der Waals surface area contributed by atoms with Crippen LogP contribution in [0.15, 0.2) is 30.9 Å². The molecule has 1 aromatic rings. The summed E-state index contributed by atoms with van der Waals surface area (Å²) in [6, 6.07) is 6.84. The second-order valence-electron chi connectivity index (χ2n) is 5.18. The summed E-state index contributed by atoms with van der Waals surface area (Å²) < 4.78 is 11.3. The fourth-order valence-corrected chi connectivity index (χ4v) is 2.59. The first kappa shape index (κ1) is 17.9. The maximum absolute atomic E-state index is 5.66. The van der Waals surface area contributed by atoms with Crippen molar-refractivity contribution in [3.8, 4) is 11.5 Å². The SMILES string of the molecule is C=CCOc1ccc(CNC2CCCC2)cc1OCC.Cl. The summed E-state index contributed by atoms with van der Waals surface area (Å²) in [5.41, 5.74) is 1.24. The topological polar surface area (TPSA) is 30.5 Å². The van der Waals surface area contributed by atoms with E-state index in [-0.39, 0.29) is 12.4 Å². The minimum Gasteiger partial charge on any atom is -0.490 e. The first-order valence-electron chi connectivity index (χ1n) is 7.56. The van der Waals surface area contributed by atoms with Crippen LogP contribution in [-0.4, -0.2) is 19.3 Å². The molecule has 2 rings (SSSR count). The molecule has 1 N–H and O–H groups in total. The van der Waals surface area contributed by atoms with Gasteiger partial charge in [0.2, 0.25) is 0 Å². The highest BCUT2D eigenvalue weighted by Gasteiger charge is 2.14. The molecule has 0 amide bonds. The lowest BCUT2D eigenvalue weighted by Crippen LogP contribution is -2.25. The zero-order valence-corrected chi connectivity index (χ0v) is 13.6. The van der Waals surface area contributed by atoms with Crippen LogP contribution in [0.5, 0.6) is 11.5 Å². The molecule has 0 aromatic heterocycles. The van der Waals surface area contributed by atoms with Gasteiger partial charge in [-0.1, -0.05) is 31.6 Å². The Balaban J connectivity index is 0.00000220. The maximum atomic E-state index is 5.66. The van der Waals surface area contributed by atoms with Crippen LogP contribution in [0.4, 0.5) is 0 Å². The van der Waals surface area contributed by atoms with Crippen LogP contribution in [0.3, 0.4) is 0 Å². The molecule has 0 bridgehead atoms. The quantitative estimate of drug-likeness (QED) is 0.733. The summed E-state index contributed by atoms with van der Waals surface area (Å²) in [4.78, 5) is 0. The van der Waals surface area contributed by atoms with Crippen molar-refractivity contribution < 1.29 is 9.47 Å². The molecule has 0 saturated heterocycles. The summed E-state index contributed by atoms with van der Waals surface area (Å²) in [6.07, 6.45) is 7.06. The highest BCUT2D eigenvalue weighted by atomic mass is 35.5. The highest BCUT2D eigenvalue weighted by molar-refractivity contribution is 5.85. The molecular formula is C17H26ClNO2. The molecule has 0 unspecified atom stereocenters. The van der Waals surface area contributed by atoms with Gasteiger partial charge >= 0.3 is 0 Å². The van der Waals surface area contributed by atoms with E-state index in [1.807, 2.05) is 13.0 Å². The second-order valence-corrected chi connectivity index (χ2v) is 5.18. The van der Waals surface area contributed by atoms with Crippen molar-refractivity contribution in [1.82, 2.24) is 5.32 Å². The van der Waals surface area contributed by atoms with Crippen molar-refractivity contribution in [1.29, 1.82) is 0 Å². The van der Waals surface area contributed by atoms with Crippen molar-refractivity contribution in [3.05, 3.63) is 36.4 Å². The van der Waals surface area contributed by atoms with Gasteiger partial charge in [-0.3, -0.25) is 0 Å². The Labute approximate surface area is 134 Å². The molecule has 3 nitrogen and oxygen atoms in total. The molecule has 4 heteroatoms. The Bertz CT molecular complexity index is 431. The van der Waals surface area contributed by atoms with Crippen LogP contribution in [0.1, 0.15) is 38.2 Å². The molecule has 118 valence electrons. The normalized spacial score (nSPS) is 14.5. The number of benzene rings is 1. The van der Waals surface area contributed by atoms with Crippen LogP contribution in [0, 0.1) is 0 Å². The lowest BCUT2D eigenvalue weighted by atomic mass is 10.1. The van der Waals surface area contributed by atoms with Crippen LogP contribution in [0.2, 0.25) is 0 Å². The van der Waals surface area contributed by atoms with Gasteiger partial charge in [-0.2, -0.15) is 0 Å². The Morgan fingerprint density at radius 2 is 2.00 bits per heavy atom. The highest BCUT2D eigenvalue weighted by Crippen LogP contribution is 2.29. The number of ether oxygens (including phenoxy) is 2. The van der Waals surface area contributed by atoms with E-state index < -0.39 is 0 Å². The molecule has 0 radical (unpaired) electrons. The van der Waals surface area contributed by atoms with E-state index in [1.165, 1.54) is 31.2 Å². The van der Waals surface area contributed by atoms with E-state index in [2.05, 4.69) is 24.0 Å². The average Bonchev–Trinajstić information content (AvgIpc) is 2.98. The molecular weight excluding hydrogens is 286 g/mol. The number of halogens is 1. The van der Waals surface area contributed by atoms with Gasteiger partial charge in [0, 0.05) is 12.6 Å². The van der Waals surface area contributed by atoms with Crippen molar-refractivity contribution in [2.75, 3.05) is 13.2 Å². The standard InChI is InChI=1S/C17H25NO2.ClH/c1-3-11-20-16-10-9-14(12-17(16)19-4-2)13-18-15-7-5-6-8-15;/h3,9-10,12,15,18H,1,4-8,11,13H2,2H3;1H. The molecule has 1 fully saturated rings. The van der Waals surface area contributed by atoms with Gasteiger partial charge in [0.1, 0.15) is 6.61 Å². The molecule has 21 heavy (non-hydrogen) atoms. The Kier molecular flexibility index (Phi) is 8.24. The van der Waals surface area contributed by atoms with Gasteiger partial charge in [0.25, 0.3) is 0 Å². The molecule has 0 atom stereocenters. The van der Waals surface area contributed by atoms with Crippen LogP contribution >= 0.6 is 12.4 Å². The molecule has 1 aliphatic rings. The summed E-state index contributed by atoms with van der Waals surface area (Å²) in [5.74, 6) is 1.61. The van der Waals surface area contributed by atoms with E-state index in [4.69, 9.17) is 9.47 Å². The van der Waals surface area contributed by atoms with E-state index in [1.54, 1.807) is 6.08 Å². The first-order chi connectivity index (χ1) is 9.83. The molecule has 0 spiro atoms. The Morgan fingerprint density at radius 1 is 1.24 bits per heavy atom. The fourth-order valence-electron chi connectivity index (χ4n) is 2.59. The van der Waals surface area contributed by atoms with Gasteiger partial charge in [-0.15, -0.1) is 12.4 Å². The van der Waals surface area contributed by atoms with Crippen LogP contribution in [-0.2, 0) is 6.54 Å². The van der Waals surface area contributed by atoms with Crippen molar-refractivity contribution in [3.63, 3.8) is 0 Å². The van der Waals surface area contributed by atoms with E-state index >= 15 is 0 Å². The third-order valence-corrected chi connectivity index (χ3v) is 3.61. The molecule has 1 saturated carbocycles. The third kappa shape index (κ3) is 5.60. The van der Waals surface area contributed by atoms with E-state index in [0.29, 0.717) is 19.3 Å². The first-order valence-corrected chi connectivity index (χ1v) is 7.56. The molecule has 0 aliphatic heterocycles. The summed E-state index contributed by atoms with van der Waals surface area (Å²) in [5, 5.41) is 3.62. The number of hydrogen-bond donors (Lipinski definition) is 1. The average molecular weight is 312 g/mol. The lowest BCUT2D eigenvalue weighted by Gasteiger charge is -2.15. The fraction of sp³-hybridized carbons (Fsp3) is 0.529. The summed E-state index contributed by atoms with van der Waals surface area (Å²) in [6.45, 7) is 7.69. The minimum atomic E-state index is 0. The number of nitrogens with one attached hydrogen (secondary N) is 1. The van der Waals surface area contributed by atoms with E-state index in [0.717, 1.165) is 18.0 Å². The van der Waals surface area contributed by atoms with Crippen LogP contribution < -0.4 is 14.8 Å². The van der Waals surface area contributed by atoms with Gasteiger partial charge in [0.15, 0.2) is 11.5 Å². The van der Waals surface area contributed by atoms with Crippen molar-refractivity contribution in [2.45, 2.75) is 45.2 Å². The largest absolute Gasteiger partial charge is 0.490 e. The Hall–Kier alpha value is -1.19. The van der Waals surface area contributed by atoms with Crippen molar-refractivity contribution in [2.24, 2.45) is 0 Å². The van der Waals surface area contributed by atoms with Gasteiger partial charge < -0.3 is 14.8 Å². The molecule has 1 aromatic carbocycles. The van der Waals surface area contributed by atoms with E-state index in [9.17, 15) is 0 Å². The number of rotatable bonds is 8. The number of hydrogen-bond acceptors (Lipinski definition) is 3. The second kappa shape index (κ2) is 9.69. The van der Waals surface area contributed by atoms with Gasteiger partial charge in [0.05, 0.1) is 6.61 Å². The maximum Gasteiger partial charge on any atom is 0.161 e. The zero-order chi connectivity index (χ0) is 14.2. The zero-order valence-electron chi connectivity index (χ0n) is 12.8. The smallest absolute Gasteiger partial charge is 0.161 e. The van der Waals surface area contributed by atoms with Crippen molar-refractivity contribution >= 4 is 12.4 Å². The third-order valence-electron chi connectivity index (χ3n) is 3.61. The predicted molar refractivity (Wildman–Crippen MR) is 89.6 cm³/mol. The summed E-state index contributed by atoms with van der Waals surface area (Å²) in [7, 11) is 0. The lowest BCUT2D eigenvalue weighted by molar-refractivity contribution is 0.296. The monoisotopic (exact) mass is 311 g/mol. The summed E-state index contributed by atoms with van der Waals surface area (Å²) >= 11 is 0. The molecule has 0 heterocycles. The Morgan fingerprint density at radius 3 is 2.67 bits per heavy atom. The molecule has 1 aliphatic carbocycles. The van der Waals surface area contributed by atoms with Crippen LogP contribution in [0.25, 0.3) is 0 Å². The predicted octanol–water partition coefficient (Wildman–Crippen LogP) is 4.10. The van der Waals surface area contributed by atoms with Gasteiger partial charge in [-0.25, -0.2) is 0 Å².